The van der Waals surface area contributed by atoms with E-state index in [1.807, 2.05) is 45.0 Å². The summed E-state index contributed by atoms with van der Waals surface area (Å²) in [6, 6.07) is 7.62. The van der Waals surface area contributed by atoms with Crippen LogP contribution in [0.2, 0.25) is 0 Å². The average molecular weight is 326 g/mol. The third-order valence-electron chi connectivity index (χ3n) is 3.73. The summed E-state index contributed by atoms with van der Waals surface area (Å²) < 4.78 is 7.14. The normalized spacial score (nSPS) is 11.8. The number of hydrogen-bond donors (Lipinski definition) is 2. The van der Waals surface area contributed by atoms with Crippen molar-refractivity contribution in [3.05, 3.63) is 42.4 Å². The predicted octanol–water partition coefficient (Wildman–Crippen LogP) is 2.74. The molecule has 0 unspecified atom stereocenters. The second-order valence-corrected chi connectivity index (χ2v) is 6.70. The highest BCUT2D eigenvalue weighted by Crippen LogP contribution is 2.31. The van der Waals surface area contributed by atoms with Gasteiger partial charge in [0.05, 0.1) is 11.9 Å². The van der Waals surface area contributed by atoms with Crippen LogP contribution >= 0.6 is 0 Å². The Bertz CT molecular complexity index is 848. The van der Waals surface area contributed by atoms with Crippen LogP contribution in [0.1, 0.15) is 26.5 Å². The molecule has 0 atom stereocenters. The molecule has 0 spiro atoms. The SMILES string of the molecule is CC(C)(C)c1nc2cnc(-c3ccc(OCCN)cc3)cn2c1O. The predicted molar refractivity (Wildman–Crippen MR) is 93.3 cm³/mol. The van der Waals surface area contributed by atoms with Crippen molar-refractivity contribution in [2.75, 3.05) is 13.2 Å². The molecule has 0 aliphatic carbocycles. The van der Waals surface area contributed by atoms with Crippen LogP contribution in [0.3, 0.4) is 0 Å². The van der Waals surface area contributed by atoms with E-state index in [-0.39, 0.29) is 11.3 Å². The van der Waals surface area contributed by atoms with Crippen molar-refractivity contribution < 1.29 is 9.84 Å². The number of ether oxygens (including phenoxy) is 1. The molecular weight excluding hydrogens is 304 g/mol. The van der Waals surface area contributed by atoms with Crippen LogP contribution in [0.4, 0.5) is 0 Å². The van der Waals surface area contributed by atoms with Gasteiger partial charge in [-0.25, -0.2) is 4.98 Å². The Morgan fingerprint density at radius 2 is 1.92 bits per heavy atom. The number of aromatic hydroxyl groups is 1. The first-order valence-corrected chi connectivity index (χ1v) is 7.91. The maximum absolute atomic E-state index is 10.5. The number of benzene rings is 1. The second-order valence-electron chi connectivity index (χ2n) is 6.70. The van der Waals surface area contributed by atoms with Crippen molar-refractivity contribution in [1.82, 2.24) is 14.4 Å². The molecule has 0 saturated heterocycles. The smallest absolute Gasteiger partial charge is 0.219 e. The first-order valence-electron chi connectivity index (χ1n) is 7.91. The fraction of sp³-hybridized carbons (Fsp3) is 0.333. The lowest BCUT2D eigenvalue weighted by atomic mass is 9.92. The van der Waals surface area contributed by atoms with E-state index in [2.05, 4.69) is 9.97 Å². The van der Waals surface area contributed by atoms with Gasteiger partial charge >= 0.3 is 0 Å². The molecule has 2 aromatic heterocycles. The van der Waals surface area contributed by atoms with E-state index in [0.717, 1.165) is 17.0 Å². The first-order chi connectivity index (χ1) is 11.4. The zero-order valence-corrected chi connectivity index (χ0v) is 14.2. The largest absolute Gasteiger partial charge is 0.493 e. The summed E-state index contributed by atoms with van der Waals surface area (Å²) in [6.07, 6.45) is 3.46. The number of aromatic nitrogens is 3. The van der Waals surface area contributed by atoms with E-state index in [9.17, 15) is 5.11 Å². The minimum Gasteiger partial charge on any atom is -0.493 e. The number of nitrogens with zero attached hydrogens (tertiary/aromatic N) is 3. The minimum atomic E-state index is -0.238. The number of rotatable bonds is 4. The van der Waals surface area contributed by atoms with Crippen LogP contribution in [0.25, 0.3) is 16.9 Å². The maximum atomic E-state index is 10.5. The monoisotopic (exact) mass is 326 g/mol. The summed E-state index contributed by atoms with van der Waals surface area (Å²) in [5, 5.41) is 10.5. The quantitative estimate of drug-likeness (QED) is 0.770. The first kappa shape index (κ1) is 16.3. The van der Waals surface area contributed by atoms with Gasteiger partial charge in [-0.15, -0.1) is 0 Å². The molecule has 2 heterocycles. The van der Waals surface area contributed by atoms with Gasteiger partial charge in [-0.05, 0) is 24.3 Å². The van der Waals surface area contributed by atoms with Crippen molar-refractivity contribution in [3.63, 3.8) is 0 Å². The van der Waals surface area contributed by atoms with Gasteiger partial charge in [0.15, 0.2) is 5.65 Å². The number of nitrogens with two attached hydrogens (primary N) is 1. The third-order valence-corrected chi connectivity index (χ3v) is 3.73. The molecule has 3 rings (SSSR count). The fourth-order valence-corrected chi connectivity index (χ4v) is 2.49. The van der Waals surface area contributed by atoms with Gasteiger partial charge in [0.2, 0.25) is 5.88 Å². The van der Waals surface area contributed by atoms with Gasteiger partial charge in [-0.2, -0.15) is 0 Å². The highest BCUT2D eigenvalue weighted by atomic mass is 16.5. The highest BCUT2D eigenvalue weighted by Gasteiger charge is 2.24. The van der Waals surface area contributed by atoms with Crippen LogP contribution in [0.5, 0.6) is 11.6 Å². The molecule has 3 aromatic rings. The van der Waals surface area contributed by atoms with Crippen molar-refractivity contribution in [2.45, 2.75) is 26.2 Å². The van der Waals surface area contributed by atoms with Crippen LogP contribution < -0.4 is 10.5 Å². The Morgan fingerprint density at radius 1 is 1.21 bits per heavy atom. The zero-order chi connectivity index (χ0) is 17.3. The molecule has 6 nitrogen and oxygen atoms in total. The van der Waals surface area contributed by atoms with Gasteiger partial charge in [0.1, 0.15) is 18.1 Å². The lowest BCUT2D eigenvalue weighted by Crippen LogP contribution is -2.11. The molecule has 24 heavy (non-hydrogen) atoms. The van der Waals surface area contributed by atoms with E-state index in [1.165, 1.54) is 0 Å². The van der Waals surface area contributed by atoms with Gasteiger partial charge in [0, 0.05) is 23.7 Å². The van der Waals surface area contributed by atoms with Gasteiger partial charge in [-0.3, -0.25) is 9.38 Å². The Morgan fingerprint density at radius 3 is 2.54 bits per heavy atom. The van der Waals surface area contributed by atoms with E-state index in [0.29, 0.717) is 24.5 Å². The molecule has 0 radical (unpaired) electrons. The molecule has 3 N–H and O–H groups in total. The Labute approximate surface area is 140 Å². The molecule has 126 valence electrons. The fourth-order valence-electron chi connectivity index (χ4n) is 2.49. The molecule has 1 aromatic carbocycles. The van der Waals surface area contributed by atoms with Gasteiger partial charge < -0.3 is 15.6 Å². The molecule has 0 fully saturated rings. The van der Waals surface area contributed by atoms with E-state index in [1.54, 1.807) is 16.8 Å². The minimum absolute atomic E-state index is 0.157. The van der Waals surface area contributed by atoms with Crippen LogP contribution in [-0.4, -0.2) is 32.6 Å². The molecule has 0 aliphatic rings. The van der Waals surface area contributed by atoms with E-state index >= 15 is 0 Å². The van der Waals surface area contributed by atoms with Gasteiger partial charge in [-0.1, -0.05) is 20.8 Å². The molecule has 6 heteroatoms. The molecule has 0 saturated carbocycles. The lowest BCUT2D eigenvalue weighted by Gasteiger charge is -2.14. The summed E-state index contributed by atoms with van der Waals surface area (Å²) in [5.41, 5.74) is 8.16. The molecule has 0 amide bonds. The van der Waals surface area contributed by atoms with Crippen molar-refractivity contribution >= 4 is 5.65 Å². The summed E-state index contributed by atoms with van der Waals surface area (Å²) >= 11 is 0. The topological polar surface area (TPSA) is 85.7 Å². The van der Waals surface area contributed by atoms with Gasteiger partial charge in [0.25, 0.3) is 0 Å². The molecule has 0 bridgehead atoms. The third kappa shape index (κ3) is 3.05. The van der Waals surface area contributed by atoms with Crippen molar-refractivity contribution in [2.24, 2.45) is 5.73 Å². The van der Waals surface area contributed by atoms with E-state index in [4.69, 9.17) is 10.5 Å². The summed E-state index contributed by atoms with van der Waals surface area (Å²) in [5.74, 6) is 0.926. The van der Waals surface area contributed by atoms with Crippen molar-refractivity contribution in [3.8, 4) is 22.9 Å². The molecule has 0 aliphatic heterocycles. The van der Waals surface area contributed by atoms with Crippen molar-refractivity contribution in [1.29, 1.82) is 0 Å². The maximum Gasteiger partial charge on any atom is 0.219 e. The second kappa shape index (κ2) is 6.13. The van der Waals surface area contributed by atoms with E-state index < -0.39 is 0 Å². The van der Waals surface area contributed by atoms with Crippen LogP contribution in [0.15, 0.2) is 36.7 Å². The summed E-state index contributed by atoms with van der Waals surface area (Å²) in [4.78, 5) is 8.93. The number of hydrogen-bond acceptors (Lipinski definition) is 5. The van der Waals surface area contributed by atoms with Crippen LogP contribution in [-0.2, 0) is 5.41 Å². The summed E-state index contributed by atoms with van der Waals surface area (Å²) in [7, 11) is 0. The Hall–Kier alpha value is -2.60. The van der Waals surface area contributed by atoms with Crippen LogP contribution in [0, 0.1) is 0 Å². The summed E-state index contributed by atoms with van der Waals surface area (Å²) in [6.45, 7) is 7.02. The Kier molecular flexibility index (Phi) is 4.15. The number of imidazole rings is 1. The lowest BCUT2D eigenvalue weighted by molar-refractivity contribution is 0.328. The zero-order valence-electron chi connectivity index (χ0n) is 14.2. The standard InChI is InChI=1S/C18H22N4O2/c1-18(2,3)16-17(23)22-11-14(20-10-15(22)21-16)12-4-6-13(7-5-12)24-9-8-19/h4-7,10-11,23H,8-9,19H2,1-3H3. The average Bonchev–Trinajstić information content (AvgIpc) is 2.90. The Balaban J connectivity index is 1.97. The highest BCUT2D eigenvalue weighted by molar-refractivity contribution is 5.61. The molecular formula is C18H22N4O2. The number of fused-ring (bicyclic) bond motifs is 1.